The van der Waals surface area contributed by atoms with Gasteiger partial charge in [0.15, 0.2) is 0 Å². The van der Waals surface area contributed by atoms with E-state index in [1.54, 1.807) is 6.07 Å². The molecule has 24 heavy (non-hydrogen) atoms. The lowest BCUT2D eigenvalue weighted by Gasteiger charge is -2.32. The van der Waals surface area contributed by atoms with E-state index in [-0.39, 0.29) is 5.92 Å². The van der Waals surface area contributed by atoms with Crippen molar-refractivity contribution in [3.63, 3.8) is 0 Å². The van der Waals surface area contributed by atoms with Gasteiger partial charge in [-0.2, -0.15) is 13.2 Å². The van der Waals surface area contributed by atoms with Gasteiger partial charge in [0.2, 0.25) is 0 Å². The standard InChI is InChI=1S/C20H20F3N/c21-20(22,23)18-8-4-7-14-15(18)9-10-16-17(14)12-24-19(16)11-13-5-2-1-3-6-13/h1-8,16-17,19,24H,9-12H2. The topological polar surface area (TPSA) is 12.0 Å². The van der Waals surface area contributed by atoms with Crippen molar-refractivity contribution in [3.8, 4) is 0 Å². The minimum absolute atomic E-state index is 0.199. The van der Waals surface area contributed by atoms with Crippen molar-refractivity contribution < 1.29 is 13.2 Å². The predicted octanol–water partition coefficient (Wildman–Crippen LogP) is 4.57. The van der Waals surface area contributed by atoms with Crippen molar-refractivity contribution in [2.75, 3.05) is 6.54 Å². The Labute approximate surface area is 139 Å². The monoisotopic (exact) mass is 331 g/mol. The number of halogens is 3. The highest BCUT2D eigenvalue weighted by molar-refractivity contribution is 5.42. The molecular weight excluding hydrogens is 311 g/mol. The molecule has 1 fully saturated rings. The van der Waals surface area contributed by atoms with Crippen LogP contribution in [-0.2, 0) is 19.0 Å². The summed E-state index contributed by atoms with van der Waals surface area (Å²) in [5.74, 6) is 0.617. The lowest BCUT2D eigenvalue weighted by molar-refractivity contribution is -0.138. The highest BCUT2D eigenvalue weighted by atomic mass is 19.4. The number of hydrogen-bond acceptors (Lipinski definition) is 1. The van der Waals surface area contributed by atoms with Gasteiger partial charge in [-0.25, -0.2) is 0 Å². The molecule has 0 radical (unpaired) electrons. The lowest BCUT2D eigenvalue weighted by atomic mass is 9.72. The molecule has 1 aliphatic carbocycles. The van der Waals surface area contributed by atoms with E-state index in [4.69, 9.17) is 0 Å². The number of alkyl halides is 3. The van der Waals surface area contributed by atoms with Crippen LogP contribution in [0.4, 0.5) is 13.2 Å². The molecule has 2 aromatic rings. The SMILES string of the molecule is FC(F)(F)c1cccc2c1CCC1C(Cc3ccccc3)NCC21. The smallest absolute Gasteiger partial charge is 0.313 e. The Kier molecular flexibility index (Phi) is 3.87. The molecule has 1 saturated heterocycles. The van der Waals surface area contributed by atoms with Crippen LogP contribution in [0.3, 0.4) is 0 Å². The first kappa shape index (κ1) is 15.7. The molecule has 4 rings (SSSR count). The fraction of sp³-hybridized carbons (Fsp3) is 0.400. The predicted molar refractivity (Wildman–Crippen MR) is 87.9 cm³/mol. The molecule has 1 nitrogen and oxygen atoms in total. The average molecular weight is 331 g/mol. The first-order valence-corrected chi connectivity index (χ1v) is 8.50. The Morgan fingerprint density at radius 1 is 1.00 bits per heavy atom. The van der Waals surface area contributed by atoms with Crippen molar-refractivity contribution in [2.24, 2.45) is 5.92 Å². The molecule has 2 aromatic carbocycles. The molecule has 1 heterocycles. The maximum absolute atomic E-state index is 13.3. The zero-order valence-corrected chi connectivity index (χ0v) is 13.3. The van der Waals surface area contributed by atoms with E-state index in [1.807, 2.05) is 24.3 Å². The Bertz CT molecular complexity index is 723. The summed E-state index contributed by atoms with van der Waals surface area (Å²) in [6.07, 6.45) is -1.96. The second kappa shape index (κ2) is 5.92. The molecule has 126 valence electrons. The lowest BCUT2D eigenvalue weighted by Crippen LogP contribution is -2.31. The minimum atomic E-state index is -4.26. The van der Waals surface area contributed by atoms with E-state index in [0.29, 0.717) is 23.9 Å². The minimum Gasteiger partial charge on any atom is -0.313 e. The van der Waals surface area contributed by atoms with Crippen LogP contribution in [0.2, 0.25) is 0 Å². The summed E-state index contributed by atoms with van der Waals surface area (Å²) < 4.78 is 39.8. The first-order chi connectivity index (χ1) is 11.5. The van der Waals surface area contributed by atoms with Crippen LogP contribution in [0.15, 0.2) is 48.5 Å². The molecule has 0 bridgehead atoms. The summed E-state index contributed by atoms with van der Waals surface area (Å²) in [6.45, 7) is 0.774. The maximum atomic E-state index is 13.3. The van der Waals surface area contributed by atoms with Crippen molar-refractivity contribution in [1.29, 1.82) is 0 Å². The summed E-state index contributed by atoms with van der Waals surface area (Å²) in [6, 6.07) is 15.3. The van der Waals surface area contributed by atoms with E-state index in [9.17, 15) is 13.2 Å². The summed E-state index contributed by atoms with van der Waals surface area (Å²) in [5.41, 5.74) is 2.27. The van der Waals surface area contributed by atoms with Gasteiger partial charge in [-0.05, 0) is 47.9 Å². The van der Waals surface area contributed by atoms with Gasteiger partial charge in [0.05, 0.1) is 5.56 Å². The Morgan fingerprint density at radius 2 is 1.79 bits per heavy atom. The van der Waals surface area contributed by atoms with Crippen molar-refractivity contribution >= 4 is 0 Å². The molecular formula is C20H20F3N. The second-order valence-corrected chi connectivity index (χ2v) is 6.88. The highest BCUT2D eigenvalue weighted by Crippen LogP contribution is 2.45. The van der Waals surface area contributed by atoms with Gasteiger partial charge in [-0.15, -0.1) is 0 Å². The van der Waals surface area contributed by atoms with Crippen molar-refractivity contribution in [1.82, 2.24) is 5.32 Å². The largest absolute Gasteiger partial charge is 0.416 e. The maximum Gasteiger partial charge on any atom is 0.416 e. The average Bonchev–Trinajstić information content (AvgIpc) is 2.98. The second-order valence-electron chi connectivity index (χ2n) is 6.88. The molecule has 1 aliphatic heterocycles. The Hall–Kier alpha value is -1.81. The molecule has 0 amide bonds. The number of fused-ring (bicyclic) bond motifs is 3. The summed E-state index contributed by atoms with van der Waals surface area (Å²) in [5, 5.41) is 3.56. The van der Waals surface area contributed by atoms with Crippen LogP contribution in [0.25, 0.3) is 0 Å². The third-order valence-electron chi connectivity index (χ3n) is 5.58. The molecule has 3 unspecified atom stereocenters. The molecule has 4 heteroatoms. The summed E-state index contributed by atoms with van der Waals surface area (Å²) in [7, 11) is 0. The van der Waals surface area contributed by atoms with E-state index < -0.39 is 11.7 Å². The Morgan fingerprint density at radius 3 is 2.54 bits per heavy atom. The molecule has 1 N–H and O–H groups in total. The number of hydrogen-bond donors (Lipinski definition) is 1. The van der Waals surface area contributed by atoms with Crippen LogP contribution < -0.4 is 5.32 Å². The van der Waals surface area contributed by atoms with Crippen LogP contribution in [0.5, 0.6) is 0 Å². The van der Waals surface area contributed by atoms with Crippen molar-refractivity contribution in [3.05, 3.63) is 70.8 Å². The van der Waals surface area contributed by atoms with Gasteiger partial charge >= 0.3 is 6.18 Å². The molecule has 0 aromatic heterocycles. The molecule has 0 spiro atoms. The van der Waals surface area contributed by atoms with E-state index >= 15 is 0 Å². The third-order valence-corrected chi connectivity index (χ3v) is 5.58. The summed E-state index contributed by atoms with van der Waals surface area (Å²) >= 11 is 0. The first-order valence-electron chi connectivity index (χ1n) is 8.50. The Balaban J connectivity index is 1.61. The van der Waals surface area contributed by atoms with Crippen LogP contribution in [-0.4, -0.2) is 12.6 Å². The number of nitrogens with one attached hydrogen (secondary N) is 1. The van der Waals surface area contributed by atoms with Crippen LogP contribution >= 0.6 is 0 Å². The normalized spacial score (nSPS) is 26.0. The van der Waals surface area contributed by atoms with Gasteiger partial charge in [0.1, 0.15) is 0 Å². The van der Waals surface area contributed by atoms with Gasteiger partial charge in [0, 0.05) is 18.5 Å². The van der Waals surface area contributed by atoms with E-state index in [1.165, 1.54) is 11.6 Å². The quantitative estimate of drug-likeness (QED) is 0.850. The molecule has 2 aliphatic rings. The number of benzene rings is 2. The fourth-order valence-electron chi connectivity index (χ4n) is 4.50. The van der Waals surface area contributed by atoms with Gasteiger partial charge in [-0.3, -0.25) is 0 Å². The summed E-state index contributed by atoms with van der Waals surface area (Å²) in [4.78, 5) is 0. The van der Waals surface area contributed by atoms with Gasteiger partial charge < -0.3 is 5.32 Å². The van der Waals surface area contributed by atoms with E-state index in [2.05, 4.69) is 17.4 Å². The fourth-order valence-corrected chi connectivity index (χ4v) is 4.50. The number of rotatable bonds is 2. The van der Waals surface area contributed by atoms with Crippen LogP contribution in [0, 0.1) is 5.92 Å². The van der Waals surface area contributed by atoms with Gasteiger partial charge in [-0.1, -0.05) is 42.5 Å². The van der Waals surface area contributed by atoms with Crippen molar-refractivity contribution in [2.45, 2.75) is 37.4 Å². The third kappa shape index (κ3) is 2.73. The van der Waals surface area contributed by atoms with Gasteiger partial charge in [0.25, 0.3) is 0 Å². The highest BCUT2D eigenvalue weighted by Gasteiger charge is 2.43. The molecule has 3 atom stereocenters. The molecule has 0 saturated carbocycles. The zero-order valence-electron chi connectivity index (χ0n) is 13.3. The van der Waals surface area contributed by atoms with E-state index in [0.717, 1.165) is 24.9 Å². The zero-order chi connectivity index (χ0) is 16.7. The van der Waals surface area contributed by atoms with Crippen LogP contribution in [0.1, 0.15) is 34.6 Å².